The zero-order valence-corrected chi connectivity index (χ0v) is 18.9. The fourth-order valence-corrected chi connectivity index (χ4v) is 4.00. The van der Waals surface area contributed by atoms with Crippen molar-refractivity contribution in [2.45, 2.75) is 39.7 Å². The number of carboxylic acids is 1. The van der Waals surface area contributed by atoms with Gasteiger partial charge in [0.05, 0.1) is 0 Å². The molecular formula is C25H31N3O4. The summed E-state index contributed by atoms with van der Waals surface area (Å²) in [7, 11) is 0. The number of hydrogen-bond donors (Lipinski definition) is 2. The van der Waals surface area contributed by atoms with Crippen LogP contribution in [-0.4, -0.2) is 60.0 Å². The van der Waals surface area contributed by atoms with Gasteiger partial charge in [-0.15, -0.1) is 0 Å². The number of amides is 2. The van der Waals surface area contributed by atoms with Crippen molar-refractivity contribution in [3.05, 3.63) is 64.7 Å². The highest BCUT2D eigenvalue weighted by Gasteiger charge is 2.26. The Balaban J connectivity index is 1.52. The van der Waals surface area contributed by atoms with Crippen LogP contribution in [0, 0.1) is 20.8 Å². The lowest BCUT2D eigenvalue weighted by Gasteiger charge is -2.37. The van der Waals surface area contributed by atoms with Crippen LogP contribution in [0.5, 0.6) is 0 Å². The first-order chi connectivity index (χ1) is 15.3. The molecule has 7 nitrogen and oxygen atoms in total. The van der Waals surface area contributed by atoms with Crippen LogP contribution in [0.1, 0.15) is 39.9 Å². The van der Waals surface area contributed by atoms with Gasteiger partial charge < -0.3 is 20.2 Å². The van der Waals surface area contributed by atoms with E-state index in [4.69, 9.17) is 0 Å². The van der Waals surface area contributed by atoms with Gasteiger partial charge in [0.25, 0.3) is 5.91 Å². The summed E-state index contributed by atoms with van der Waals surface area (Å²) in [5, 5.41) is 12.0. The van der Waals surface area contributed by atoms with Gasteiger partial charge in [-0.05, 0) is 62.1 Å². The molecule has 2 aromatic rings. The summed E-state index contributed by atoms with van der Waals surface area (Å²) in [6.07, 6.45) is 0.137. The first-order valence-electron chi connectivity index (χ1n) is 11.0. The number of anilines is 1. The third kappa shape index (κ3) is 5.66. The monoisotopic (exact) mass is 437 g/mol. The molecule has 1 atom stereocenters. The average molecular weight is 438 g/mol. The van der Waals surface area contributed by atoms with Crippen LogP contribution < -0.4 is 10.2 Å². The second-order valence-electron chi connectivity index (χ2n) is 8.36. The van der Waals surface area contributed by atoms with E-state index in [9.17, 15) is 19.5 Å². The van der Waals surface area contributed by atoms with Crippen LogP contribution in [0.4, 0.5) is 5.69 Å². The zero-order valence-electron chi connectivity index (χ0n) is 18.9. The van der Waals surface area contributed by atoms with Crippen LogP contribution in [0.15, 0.2) is 42.5 Å². The number of nitrogens with one attached hydrogen (secondary N) is 1. The van der Waals surface area contributed by atoms with E-state index < -0.39 is 17.9 Å². The molecule has 32 heavy (non-hydrogen) atoms. The Morgan fingerprint density at radius 3 is 2.19 bits per heavy atom. The molecule has 0 radical (unpaired) electrons. The van der Waals surface area contributed by atoms with Crippen LogP contribution in [0.25, 0.3) is 0 Å². The third-order valence-electron chi connectivity index (χ3n) is 6.07. The first kappa shape index (κ1) is 23.3. The van der Waals surface area contributed by atoms with Crippen molar-refractivity contribution in [2.75, 3.05) is 31.1 Å². The molecule has 0 unspecified atom stereocenters. The van der Waals surface area contributed by atoms with Gasteiger partial charge in [-0.25, -0.2) is 4.79 Å². The van der Waals surface area contributed by atoms with Crippen molar-refractivity contribution in [3.8, 4) is 0 Å². The molecule has 1 heterocycles. The summed E-state index contributed by atoms with van der Waals surface area (Å²) in [6, 6.07) is 11.7. The third-order valence-corrected chi connectivity index (χ3v) is 6.07. The second-order valence-corrected chi connectivity index (χ2v) is 8.36. The van der Waals surface area contributed by atoms with E-state index in [1.807, 2.05) is 0 Å². The van der Waals surface area contributed by atoms with Crippen molar-refractivity contribution in [1.29, 1.82) is 0 Å². The van der Waals surface area contributed by atoms with Gasteiger partial charge in [-0.2, -0.15) is 0 Å². The topological polar surface area (TPSA) is 90.0 Å². The van der Waals surface area contributed by atoms with Crippen molar-refractivity contribution in [2.24, 2.45) is 0 Å². The number of rotatable bonds is 7. The molecule has 0 bridgehead atoms. The van der Waals surface area contributed by atoms with E-state index >= 15 is 0 Å². The number of hydrogen-bond acceptors (Lipinski definition) is 4. The maximum atomic E-state index is 12.7. The molecule has 1 aliphatic heterocycles. The van der Waals surface area contributed by atoms with Crippen LogP contribution in [0.2, 0.25) is 0 Å². The SMILES string of the molecule is Cc1cc(C)c(N2CCN(C(=O)CC[C@H](NC(=O)c3ccccc3)C(=O)O)CC2)cc1C. The number of benzene rings is 2. The van der Waals surface area contributed by atoms with Gasteiger partial charge in [0.15, 0.2) is 0 Å². The van der Waals surface area contributed by atoms with Gasteiger partial charge in [0.1, 0.15) is 6.04 Å². The fourth-order valence-electron chi connectivity index (χ4n) is 4.00. The number of aryl methyl sites for hydroxylation is 3. The molecule has 1 fully saturated rings. The van der Waals surface area contributed by atoms with Crippen LogP contribution in [0.3, 0.4) is 0 Å². The number of nitrogens with zero attached hydrogens (tertiary/aromatic N) is 2. The van der Waals surface area contributed by atoms with E-state index in [1.54, 1.807) is 35.2 Å². The summed E-state index contributed by atoms with van der Waals surface area (Å²) < 4.78 is 0. The van der Waals surface area contributed by atoms with E-state index in [0.29, 0.717) is 18.7 Å². The van der Waals surface area contributed by atoms with Crippen molar-refractivity contribution >= 4 is 23.5 Å². The number of carbonyl (C=O) groups excluding carboxylic acids is 2. The minimum Gasteiger partial charge on any atom is -0.480 e. The van der Waals surface area contributed by atoms with Crippen molar-refractivity contribution < 1.29 is 19.5 Å². The van der Waals surface area contributed by atoms with Crippen LogP contribution >= 0.6 is 0 Å². The van der Waals surface area contributed by atoms with E-state index in [1.165, 1.54) is 22.4 Å². The number of aliphatic carboxylic acids is 1. The van der Waals surface area contributed by atoms with E-state index in [2.05, 4.69) is 43.1 Å². The highest BCUT2D eigenvalue weighted by atomic mass is 16.4. The second kappa shape index (κ2) is 10.3. The largest absolute Gasteiger partial charge is 0.480 e. The Bertz CT molecular complexity index is 982. The molecule has 2 amide bonds. The molecular weight excluding hydrogens is 406 g/mol. The lowest BCUT2D eigenvalue weighted by atomic mass is 10.0. The normalized spacial score (nSPS) is 14.7. The van der Waals surface area contributed by atoms with Crippen LogP contribution in [-0.2, 0) is 9.59 Å². The fraction of sp³-hybridized carbons (Fsp3) is 0.400. The predicted octanol–water partition coefficient (Wildman–Crippen LogP) is 2.92. The lowest BCUT2D eigenvalue weighted by molar-refractivity contribution is -0.139. The lowest BCUT2D eigenvalue weighted by Crippen LogP contribution is -2.49. The van der Waals surface area contributed by atoms with E-state index in [-0.39, 0.29) is 18.7 Å². The Kier molecular flexibility index (Phi) is 7.51. The Hall–Kier alpha value is -3.35. The Labute approximate surface area is 189 Å². The average Bonchev–Trinajstić information content (AvgIpc) is 2.79. The molecule has 1 saturated heterocycles. The van der Waals surface area contributed by atoms with Gasteiger partial charge >= 0.3 is 5.97 Å². The number of carbonyl (C=O) groups is 3. The minimum absolute atomic E-state index is 0.0587. The molecule has 3 rings (SSSR count). The summed E-state index contributed by atoms with van der Waals surface area (Å²) in [6.45, 7) is 8.99. The minimum atomic E-state index is -1.14. The maximum absolute atomic E-state index is 12.7. The number of carboxylic acid groups (broad SMARTS) is 1. The van der Waals surface area contributed by atoms with Crippen molar-refractivity contribution in [1.82, 2.24) is 10.2 Å². The quantitative estimate of drug-likeness (QED) is 0.695. The summed E-state index contributed by atoms with van der Waals surface area (Å²) in [4.78, 5) is 40.6. The predicted molar refractivity (Wildman–Crippen MR) is 124 cm³/mol. The molecule has 2 N–H and O–H groups in total. The smallest absolute Gasteiger partial charge is 0.326 e. The molecule has 7 heteroatoms. The highest BCUT2D eigenvalue weighted by Crippen LogP contribution is 2.25. The summed E-state index contributed by atoms with van der Waals surface area (Å²) in [5.41, 5.74) is 5.35. The standard InChI is InChI=1S/C25H31N3O4/c1-17-15-19(3)22(16-18(17)2)27-11-13-28(14-12-27)23(29)10-9-21(25(31)32)26-24(30)20-7-5-4-6-8-20/h4-8,15-16,21H,9-14H2,1-3H3,(H,26,30)(H,31,32)/t21-/m0/s1. The van der Waals surface area contributed by atoms with Gasteiger partial charge in [0, 0.05) is 43.9 Å². The molecule has 0 aromatic heterocycles. The number of piperazine rings is 1. The molecule has 0 aliphatic carbocycles. The summed E-state index contributed by atoms with van der Waals surface area (Å²) >= 11 is 0. The van der Waals surface area contributed by atoms with Gasteiger partial charge in [-0.3, -0.25) is 9.59 Å². The molecule has 2 aromatic carbocycles. The maximum Gasteiger partial charge on any atom is 0.326 e. The molecule has 1 aliphatic rings. The Morgan fingerprint density at radius 2 is 1.56 bits per heavy atom. The van der Waals surface area contributed by atoms with Crippen molar-refractivity contribution in [3.63, 3.8) is 0 Å². The zero-order chi connectivity index (χ0) is 23.3. The van der Waals surface area contributed by atoms with E-state index in [0.717, 1.165) is 13.1 Å². The Morgan fingerprint density at radius 1 is 0.938 bits per heavy atom. The van der Waals surface area contributed by atoms with Gasteiger partial charge in [0.2, 0.25) is 5.91 Å². The highest BCUT2D eigenvalue weighted by molar-refractivity contribution is 5.96. The first-order valence-corrected chi connectivity index (χ1v) is 11.0. The summed E-state index contributed by atoms with van der Waals surface area (Å²) in [5.74, 6) is -1.68. The van der Waals surface area contributed by atoms with Gasteiger partial charge in [-0.1, -0.05) is 24.3 Å². The molecule has 0 spiro atoms. The molecule has 0 saturated carbocycles. The molecule has 170 valence electrons.